The van der Waals surface area contributed by atoms with E-state index in [0.717, 1.165) is 0 Å². The maximum atomic E-state index is 9.80. The fraction of sp³-hybridized carbons (Fsp3) is 0. The van der Waals surface area contributed by atoms with Crippen molar-refractivity contribution in [1.82, 2.24) is 0 Å². The molecule has 0 atom stereocenters. The number of hydrogen-bond acceptors (Lipinski definition) is 5. The maximum absolute atomic E-state index is 9.80. The number of hydrogen-bond donors (Lipinski definition) is 3. The number of carbonyl (C=O) groups excluding carboxylic acids is 2. The summed E-state index contributed by atoms with van der Waals surface area (Å²) in [5.74, 6) is 0. The molecule has 0 aromatic carbocycles. The lowest BCUT2D eigenvalue weighted by Gasteiger charge is -2.02. The first kappa shape index (κ1) is 8.56. The zero-order valence-electron chi connectivity index (χ0n) is 4.81. The highest BCUT2D eigenvalue weighted by molar-refractivity contribution is 6.39. The summed E-state index contributed by atoms with van der Waals surface area (Å²) in [5.41, 5.74) is 8.83. The summed E-state index contributed by atoms with van der Waals surface area (Å²) in [5, 5.41) is 8.34. The van der Waals surface area contributed by atoms with Crippen LogP contribution in [-0.4, -0.2) is 24.5 Å². The van der Waals surface area contributed by atoms with Gasteiger partial charge in [0.1, 0.15) is 0 Å². The van der Waals surface area contributed by atoms with Gasteiger partial charge in [-0.15, -0.1) is 0 Å². The van der Waals surface area contributed by atoms with Gasteiger partial charge in [-0.25, -0.2) is 9.59 Å². The highest BCUT2D eigenvalue weighted by Crippen LogP contribution is 1.82. The zero-order chi connectivity index (χ0) is 8.15. The second kappa shape index (κ2) is 3.56. The second-order valence-electron chi connectivity index (χ2n) is 1.18. The molecular formula is C2H5BN2O5. The van der Waals surface area contributed by atoms with Crippen LogP contribution in [0.4, 0.5) is 9.59 Å². The predicted octanol–water partition coefficient (Wildman–Crippen LogP) is -1.85. The molecule has 7 nitrogen and oxygen atoms in total. The van der Waals surface area contributed by atoms with Crippen LogP contribution in [0.2, 0.25) is 0 Å². The highest BCUT2D eigenvalue weighted by atomic mass is 16.7. The number of primary amides is 2. The van der Waals surface area contributed by atoms with Gasteiger partial charge in [0.2, 0.25) is 0 Å². The highest BCUT2D eigenvalue weighted by Gasteiger charge is 2.24. The van der Waals surface area contributed by atoms with Crippen LogP contribution >= 0.6 is 0 Å². The molecule has 0 aromatic rings. The van der Waals surface area contributed by atoms with E-state index in [1.54, 1.807) is 0 Å². The first-order chi connectivity index (χ1) is 4.52. The Hall–Kier alpha value is -1.44. The van der Waals surface area contributed by atoms with E-state index in [9.17, 15) is 9.59 Å². The molecule has 0 saturated heterocycles. The van der Waals surface area contributed by atoms with Crippen LogP contribution in [0.25, 0.3) is 0 Å². The molecule has 0 aromatic heterocycles. The lowest BCUT2D eigenvalue weighted by atomic mass is 10.2. The molecule has 0 spiro atoms. The van der Waals surface area contributed by atoms with Crippen molar-refractivity contribution in [1.29, 1.82) is 0 Å². The molecule has 0 aliphatic rings. The van der Waals surface area contributed by atoms with Gasteiger partial charge in [-0.3, -0.25) is 0 Å². The van der Waals surface area contributed by atoms with E-state index in [0.29, 0.717) is 0 Å². The van der Waals surface area contributed by atoms with E-state index in [-0.39, 0.29) is 0 Å². The Kier molecular flexibility index (Phi) is 3.05. The molecule has 0 rings (SSSR count). The van der Waals surface area contributed by atoms with Crippen LogP contribution in [0.15, 0.2) is 0 Å². The van der Waals surface area contributed by atoms with Gasteiger partial charge in [-0.1, -0.05) is 0 Å². The third-order valence-corrected chi connectivity index (χ3v) is 0.434. The van der Waals surface area contributed by atoms with Crippen molar-refractivity contribution in [3.8, 4) is 0 Å². The normalized spacial score (nSPS) is 8.10. The second-order valence-corrected chi connectivity index (χ2v) is 1.18. The molecule has 0 radical (unpaired) electrons. The van der Waals surface area contributed by atoms with Crippen LogP contribution in [0.5, 0.6) is 0 Å². The Bertz CT molecular complexity index is 133. The monoisotopic (exact) mass is 148 g/mol. The Morgan fingerprint density at radius 2 is 1.50 bits per heavy atom. The zero-order valence-corrected chi connectivity index (χ0v) is 4.81. The first-order valence-corrected chi connectivity index (χ1v) is 2.12. The van der Waals surface area contributed by atoms with Gasteiger partial charge in [-0.2, -0.15) is 0 Å². The molecule has 0 unspecified atom stereocenters. The van der Waals surface area contributed by atoms with E-state index < -0.39 is 19.5 Å². The van der Waals surface area contributed by atoms with Gasteiger partial charge in [0.15, 0.2) is 0 Å². The van der Waals surface area contributed by atoms with E-state index in [1.807, 2.05) is 0 Å². The molecular weight excluding hydrogens is 143 g/mol. The van der Waals surface area contributed by atoms with Crippen molar-refractivity contribution in [2.24, 2.45) is 11.5 Å². The third kappa shape index (κ3) is 4.72. The van der Waals surface area contributed by atoms with Gasteiger partial charge in [-0.05, 0) is 0 Å². The molecule has 0 bridgehead atoms. The summed E-state index contributed by atoms with van der Waals surface area (Å²) >= 11 is 0. The van der Waals surface area contributed by atoms with Crippen LogP contribution in [-0.2, 0) is 9.31 Å². The molecule has 0 fully saturated rings. The fourth-order valence-corrected chi connectivity index (χ4v) is 0.223. The summed E-state index contributed by atoms with van der Waals surface area (Å²) in [7, 11) is -2.03. The summed E-state index contributed by atoms with van der Waals surface area (Å²) < 4.78 is 7.46. The van der Waals surface area contributed by atoms with E-state index in [2.05, 4.69) is 20.8 Å². The van der Waals surface area contributed by atoms with Crippen LogP contribution in [0, 0.1) is 0 Å². The minimum atomic E-state index is -2.03. The summed E-state index contributed by atoms with van der Waals surface area (Å²) in [6, 6.07) is 0. The van der Waals surface area contributed by atoms with Crippen molar-refractivity contribution in [3.05, 3.63) is 0 Å². The van der Waals surface area contributed by atoms with Gasteiger partial charge >= 0.3 is 19.5 Å². The maximum Gasteiger partial charge on any atom is 0.791 e. The molecule has 10 heavy (non-hydrogen) atoms. The summed E-state index contributed by atoms with van der Waals surface area (Å²) in [6.45, 7) is 0. The molecule has 2 amide bonds. The van der Waals surface area contributed by atoms with Gasteiger partial charge < -0.3 is 25.8 Å². The van der Waals surface area contributed by atoms with Gasteiger partial charge in [0, 0.05) is 0 Å². The lowest BCUT2D eigenvalue weighted by Crippen LogP contribution is -2.33. The number of amides is 2. The summed E-state index contributed by atoms with van der Waals surface area (Å²) in [4.78, 5) is 19.6. The van der Waals surface area contributed by atoms with Crippen molar-refractivity contribution in [2.45, 2.75) is 0 Å². The topological polar surface area (TPSA) is 125 Å². The van der Waals surface area contributed by atoms with Crippen molar-refractivity contribution in [3.63, 3.8) is 0 Å². The largest absolute Gasteiger partial charge is 0.791 e. The number of carbonyl (C=O) groups is 2. The molecule has 0 aliphatic heterocycles. The minimum Gasteiger partial charge on any atom is -0.457 e. The Morgan fingerprint density at radius 1 is 1.20 bits per heavy atom. The van der Waals surface area contributed by atoms with Crippen molar-refractivity contribution in [2.75, 3.05) is 0 Å². The van der Waals surface area contributed by atoms with Crippen LogP contribution < -0.4 is 11.5 Å². The van der Waals surface area contributed by atoms with Gasteiger partial charge in [0.25, 0.3) is 0 Å². The number of rotatable bonds is 2. The fourth-order valence-electron chi connectivity index (χ4n) is 0.223. The minimum absolute atomic E-state index is 1.27. The molecule has 0 aliphatic carbocycles. The molecule has 0 heterocycles. The Labute approximate surface area is 56.1 Å². The predicted molar refractivity (Wildman–Crippen MR) is 29.3 cm³/mol. The quantitative estimate of drug-likeness (QED) is 0.396. The first-order valence-electron chi connectivity index (χ1n) is 2.12. The smallest absolute Gasteiger partial charge is 0.457 e. The van der Waals surface area contributed by atoms with Crippen LogP contribution in [0.3, 0.4) is 0 Å². The summed E-state index contributed by atoms with van der Waals surface area (Å²) in [6.07, 6.45) is -2.54. The Morgan fingerprint density at radius 3 is 1.70 bits per heavy atom. The van der Waals surface area contributed by atoms with Gasteiger partial charge in [0.05, 0.1) is 0 Å². The molecule has 56 valence electrons. The average molecular weight is 148 g/mol. The third-order valence-electron chi connectivity index (χ3n) is 0.434. The Balaban J connectivity index is 3.53. The molecule has 0 saturated carbocycles. The van der Waals surface area contributed by atoms with Crippen molar-refractivity contribution >= 4 is 19.5 Å². The standard InChI is InChI=1S/C2H5BN2O5/c4-1(6)9-3(8)10-2(5)7/h8H,(H2,4,6)(H2,5,7). The van der Waals surface area contributed by atoms with Crippen LogP contribution in [0.1, 0.15) is 0 Å². The van der Waals surface area contributed by atoms with Crippen molar-refractivity contribution < 1.29 is 23.9 Å². The SMILES string of the molecule is NC(=O)OB(O)OC(N)=O. The van der Waals surface area contributed by atoms with E-state index >= 15 is 0 Å². The number of nitrogens with two attached hydrogens (primary N) is 2. The van der Waals surface area contributed by atoms with E-state index in [4.69, 9.17) is 5.02 Å². The average Bonchev–Trinajstić information content (AvgIpc) is 1.58. The molecule has 5 N–H and O–H groups in total. The molecule has 8 heteroatoms. The van der Waals surface area contributed by atoms with E-state index in [1.165, 1.54) is 0 Å². The lowest BCUT2D eigenvalue weighted by molar-refractivity contribution is 0.157.